The highest BCUT2D eigenvalue weighted by molar-refractivity contribution is 14.1. The lowest BCUT2D eigenvalue weighted by atomic mass is 10.1. The molecule has 1 aliphatic rings. The standard InChI is InChI=1S/C27H20F3IN2O4S/c1-16-5-7-17(8-6-16)15-37-22-10-9-18(11-21(22)31)12-23-25(35)33(26(36)38-23)14-24(34)32-20-4-2-3-19(13-20)27(28,29)30/h2-13H,14-15H2,1H3,(H,32,34)/b23-12-. The van der Waals surface area contributed by atoms with Crippen molar-refractivity contribution in [2.75, 3.05) is 11.9 Å². The molecular weight excluding hydrogens is 632 g/mol. The normalized spacial score (nSPS) is 14.8. The van der Waals surface area contributed by atoms with Crippen LogP contribution in [0.5, 0.6) is 5.75 Å². The van der Waals surface area contributed by atoms with Crippen LogP contribution >= 0.6 is 34.4 Å². The summed E-state index contributed by atoms with van der Waals surface area (Å²) in [5.74, 6) is -0.783. The van der Waals surface area contributed by atoms with E-state index in [0.717, 1.165) is 37.8 Å². The molecule has 0 saturated carbocycles. The number of aryl methyl sites for hydroxylation is 1. The Morgan fingerprint density at radius 2 is 1.82 bits per heavy atom. The first-order valence-electron chi connectivity index (χ1n) is 11.2. The van der Waals surface area contributed by atoms with Crippen molar-refractivity contribution in [1.29, 1.82) is 0 Å². The highest BCUT2D eigenvalue weighted by Crippen LogP contribution is 2.34. The first-order valence-corrected chi connectivity index (χ1v) is 13.1. The van der Waals surface area contributed by atoms with Crippen molar-refractivity contribution in [3.8, 4) is 5.75 Å². The van der Waals surface area contributed by atoms with Gasteiger partial charge in [-0.1, -0.05) is 42.0 Å². The molecule has 0 bridgehead atoms. The molecule has 3 aromatic carbocycles. The lowest BCUT2D eigenvalue weighted by molar-refractivity contribution is -0.137. The number of halogens is 4. The van der Waals surface area contributed by atoms with Gasteiger partial charge >= 0.3 is 6.18 Å². The summed E-state index contributed by atoms with van der Waals surface area (Å²) in [6, 6.07) is 17.4. The van der Waals surface area contributed by atoms with E-state index in [2.05, 4.69) is 27.9 Å². The maximum atomic E-state index is 12.9. The summed E-state index contributed by atoms with van der Waals surface area (Å²) in [5.41, 5.74) is 1.84. The van der Waals surface area contributed by atoms with Gasteiger partial charge < -0.3 is 10.1 Å². The number of nitrogens with one attached hydrogen (secondary N) is 1. The molecule has 3 aromatic rings. The fraction of sp³-hybridized carbons (Fsp3) is 0.148. The van der Waals surface area contributed by atoms with E-state index in [9.17, 15) is 27.6 Å². The number of benzene rings is 3. The fourth-order valence-electron chi connectivity index (χ4n) is 3.47. The van der Waals surface area contributed by atoms with Crippen molar-refractivity contribution in [2.24, 2.45) is 0 Å². The van der Waals surface area contributed by atoms with Gasteiger partial charge in [0.05, 0.1) is 14.0 Å². The van der Waals surface area contributed by atoms with Gasteiger partial charge in [0.1, 0.15) is 18.9 Å². The van der Waals surface area contributed by atoms with E-state index < -0.39 is 35.3 Å². The minimum atomic E-state index is -4.57. The molecule has 0 unspecified atom stereocenters. The third-order valence-corrected chi connectivity index (χ3v) is 7.17. The predicted molar refractivity (Wildman–Crippen MR) is 147 cm³/mol. The van der Waals surface area contributed by atoms with Gasteiger partial charge in [0.25, 0.3) is 11.1 Å². The molecule has 0 atom stereocenters. The molecule has 0 spiro atoms. The maximum absolute atomic E-state index is 12.9. The third-order valence-electron chi connectivity index (χ3n) is 5.42. The van der Waals surface area contributed by atoms with Gasteiger partial charge in [-0.05, 0) is 88.8 Å². The summed E-state index contributed by atoms with van der Waals surface area (Å²) in [6.07, 6.45) is -3.03. The quantitative estimate of drug-likeness (QED) is 0.223. The molecule has 1 fully saturated rings. The molecule has 196 valence electrons. The van der Waals surface area contributed by atoms with E-state index in [4.69, 9.17) is 4.74 Å². The fourth-order valence-corrected chi connectivity index (χ4v) is 5.01. The molecule has 4 rings (SSSR count). The number of carbonyl (C=O) groups is 3. The number of imide groups is 1. The lowest BCUT2D eigenvalue weighted by Crippen LogP contribution is -2.36. The summed E-state index contributed by atoms with van der Waals surface area (Å²) < 4.78 is 45.4. The Morgan fingerprint density at radius 1 is 1.08 bits per heavy atom. The largest absolute Gasteiger partial charge is 0.488 e. The van der Waals surface area contributed by atoms with Gasteiger partial charge in [0.2, 0.25) is 5.91 Å². The highest BCUT2D eigenvalue weighted by atomic mass is 127. The first-order chi connectivity index (χ1) is 18.0. The van der Waals surface area contributed by atoms with Crippen LogP contribution in [-0.4, -0.2) is 28.5 Å². The average Bonchev–Trinajstić information content (AvgIpc) is 3.11. The first kappa shape index (κ1) is 27.7. The second-order valence-corrected chi connectivity index (χ2v) is 10.5. The highest BCUT2D eigenvalue weighted by Gasteiger charge is 2.36. The van der Waals surface area contributed by atoms with Crippen LogP contribution in [0.25, 0.3) is 6.08 Å². The molecule has 3 amide bonds. The van der Waals surface area contributed by atoms with Crippen LogP contribution in [0.4, 0.5) is 23.7 Å². The lowest BCUT2D eigenvalue weighted by Gasteiger charge is -2.13. The van der Waals surface area contributed by atoms with Crippen molar-refractivity contribution in [1.82, 2.24) is 4.90 Å². The van der Waals surface area contributed by atoms with E-state index in [1.54, 1.807) is 24.3 Å². The van der Waals surface area contributed by atoms with Crippen LogP contribution in [0.15, 0.2) is 71.6 Å². The molecule has 1 aliphatic heterocycles. The van der Waals surface area contributed by atoms with E-state index in [-0.39, 0.29) is 10.6 Å². The Kier molecular flexibility index (Phi) is 8.46. The third kappa shape index (κ3) is 6.95. The minimum absolute atomic E-state index is 0.0911. The van der Waals surface area contributed by atoms with Crippen LogP contribution in [-0.2, 0) is 22.4 Å². The molecule has 0 aliphatic carbocycles. The van der Waals surface area contributed by atoms with Crippen molar-refractivity contribution < 1.29 is 32.3 Å². The number of rotatable bonds is 7. The molecule has 1 heterocycles. The number of thioether (sulfide) groups is 1. The molecule has 1 saturated heterocycles. The van der Waals surface area contributed by atoms with E-state index in [1.165, 1.54) is 6.07 Å². The monoisotopic (exact) mass is 652 g/mol. The van der Waals surface area contributed by atoms with Gasteiger partial charge in [-0.25, -0.2) is 0 Å². The number of carbonyl (C=O) groups excluding carboxylic acids is 3. The molecule has 1 N–H and O–H groups in total. The smallest absolute Gasteiger partial charge is 0.416 e. The zero-order valence-corrected chi connectivity index (χ0v) is 22.8. The zero-order valence-electron chi connectivity index (χ0n) is 19.8. The summed E-state index contributed by atoms with van der Waals surface area (Å²) in [7, 11) is 0. The van der Waals surface area contributed by atoms with Gasteiger partial charge in [-0.2, -0.15) is 13.2 Å². The van der Waals surface area contributed by atoms with Crippen LogP contribution in [0.3, 0.4) is 0 Å². The van der Waals surface area contributed by atoms with Gasteiger partial charge in [-0.15, -0.1) is 0 Å². The second kappa shape index (κ2) is 11.6. The number of amides is 3. The predicted octanol–water partition coefficient (Wildman–Crippen LogP) is 6.87. The number of anilines is 1. The molecule has 11 heteroatoms. The van der Waals surface area contributed by atoms with Gasteiger partial charge in [-0.3, -0.25) is 19.3 Å². The zero-order chi connectivity index (χ0) is 27.4. The Balaban J connectivity index is 1.39. The summed E-state index contributed by atoms with van der Waals surface area (Å²) in [4.78, 5) is 38.4. The Morgan fingerprint density at radius 3 is 2.50 bits per heavy atom. The number of hydrogen-bond acceptors (Lipinski definition) is 5. The average molecular weight is 652 g/mol. The van der Waals surface area contributed by atoms with Gasteiger partial charge in [0, 0.05) is 5.69 Å². The summed E-state index contributed by atoms with van der Waals surface area (Å²) >= 11 is 2.81. The van der Waals surface area contributed by atoms with E-state index >= 15 is 0 Å². The second-order valence-electron chi connectivity index (χ2n) is 8.36. The minimum Gasteiger partial charge on any atom is -0.488 e. The molecule has 0 aromatic heterocycles. The van der Waals surface area contributed by atoms with Crippen LogP contribution in [0.1, 0.15) is 22.3 Å². The van der Waals surface area contributed by atoms with Gasteiger partial charge in [0.15, 0.2) is 0 Å². The van der Waals surface area contributed by atoms with Crippen LogP contribution in [0.2, 0.25) is 0 Å². The maximum Gasteiger partial charge on any atom is 0.416 e. The number of nitrogens with zero attached hydrogens (tertiary/aromatic N) is 1. The molecular formula is C27H20F3IN2O4S. The van der Waals surface area contributed by atoms with Crippen molar-refractivity contribution in [3.63, 3.8) is 0 Å². The Labute approximate surface area is 234 Å². The van der Waals surface area contributed by atoms with E-state index in [1.807, 2.05) is 31.2 Å². The molecule has 0 radical (unpaired) electrons. The van der Waals surface area contributed by atoms with Crippen LogP contribution in [0, 0.1) is 10.5 Å². The summed E-state index contributed by atoms with van der Waals surface area (Å²) in [6.45, 7) is 1.79. The number of alkyl halides is 3. The summed E-state index contributed by atoms with van der Waals surface area (Å²) in [5, 5.41) is 1.65. The van der Waals surface area contributed by atoms with Crippen molar-refractivity contribution in [3.05, 3.63) is 97.5 Å². The van der Waals surface area contributed by atoms with E-state index in [0.29, 0.717) is 29.7 Å². The van der Waals surface area contributed by atoms with Crippen molar-refractivity contribution >= 4 is 63.2 Å². The number of ether oxygens (including phenoxy) is 1. The SMILES string of the molecule is Cc1ccc(COc2ccc(/C=C3\SC(=O)N(CC(=O)Nc4cccc(C(F)(F)F)c4)C3=O)cc2I)cc1. The van der Waals surface area contributed by atoms with Crippen molar-refractivity contribution in [2.45, 2.75) is 19.7 Å². The van der Waals surface area contributed by atoms with Crippen LogP contribution < -0.4 is 10.1 Å². The Bertz CT molecular complexity index is 1420. The molecule has 6 nitrogen and oxygen atoms in total. The number of hydrogen-bond donors (Lipinski definition) is 1. The molecule has 38 heavy (non-hydrogen) atoms. The topological polar surface area (TPSA) is 75.7 Å². The Hall–Kier alpha value is -3.32.